The third-order valence-corrected chi connectivity index (χ3v) is 7.42. The van der Waals surface area contributed by atoms with Gasteiger partial charge in [0, 0.05) is 12.3 Å². The zero-order chi connectivity index (χ0) is 31.8. The summed E-state index contributed by atoms with van der Waals surface area (Å²) in [5, 5.41) is 52.2. The Hall–Kier alpha value is -4.90. The average molecular weight is 623 g/mol. The number of ether oxygens (including phenoxy) is 3. The minimum Gasteiger partial charge on any atom is -0.547 e. The molecule has 45 heavy (non-hydrogen) atoms. The van der Waals surface area contributed by atoms with Crippen LogP contribution < -0.4 is 20.3 Å². The van der Waals surface area contributed by atoms with Gasteiger partial charge in [-0.3, -0.25) is 9.79 Å². The predicted octanol–water partition coefficient (Wildman–Crippen LogP) is -2.30. The zero-order valence-corrected chi connectivity index (χ0v) is 23.1. The van der Waals surface area contributed by atoms with Crippen LogP contribution in [0.5, 0.6) is 11.5 Å². The number of benzene rings is 2. The van der Waals surface area contributed by atoms with E-state index in [9.17, 15) is 39.9 Å². The van der Waals surface area contributed by atoms with E-state index in [-0.39, 0.29) is 33.5 Å². The van der Waals surface area contributed by atoms with Crippen LogP contribution in [0.4, 0.5) is 0 Å². The van der Waals surface area contributed by atoms with Gasteiger partial charge in [0.25, 0.3) is 0 Å². The summed E-state index contributed by atoms with van der Waals surface area (Å²) in [5.41, 5.74) is 2.20. The third kappa shape index (κ3) is 6.08. The molecule has 2 aromatic carbocycles. The van der Waals surface area contributed by atoms with E-state index in [1.54, 1.807) is 30.6 Å². The molecule has 0 aliphatic carbocycles. The first-order valence-electron chi connectivity index (χ1n) is 13.7. The molecule has 1 unspecified atom stereocenters. The highest BCUT2D eigenvalue weighted by molar-refractivity contribution is 6.06. The Balaban J connectivity index is 1.25. The molecule has 0 spiro atoms. The lowest BCUT2D eigenvalue weighted by molar-refractivity contribution is -1.05. The number of carboxylic acid groups (broad SMARTS) is 1. The fourth-order valence-electron chi connectivity index (χ4n) is 5.06. The molecule has 15 nitrogen and oxygen atoms in total. The van der Waals surface area contributed by atoms with Crippen LogP contribution in [0.1, 0.15) is 0 Å². The van der Waals surface area contributed by atoms with E-state index in [0.717, 1.165) is 11.3 Å². The van der Waals surface area contributed by atoms with Gasteiger partial charge in [-0.15, -0.1) is 0 Å². The minimum absolute atomic E-state index is 0.0440. The van der Waals surface area contributed by atoms with Gasteiger partial charge in [0.15, 0.2) is 18.1 Å². The Morgan fingerprint density at radius 2 is 1.91 bits per heavy atom. The highest BCUT2D eigenvalue weighted by Gasteiger charge is 2.50. The maximum Gasteiger partial charge on any atom is 0.341 e. The second-order valence-corrected chi connectivity index (χ2v) is 10.4. The molecule has 4 heterocycles. The van der Waals surface area contributed by atoms with E-state index in [4.69, 9.17) is 23.5 Å². The Kier molecular flexibility index (Phi) is 8.20. The molecule has 1 aromatic heterocycles. The number of phenols is 1. The third-order valence-electron chi connectivity index (χ3n) is 7.42. The lowest BCUT2D eigenvalue weighted by atomic mass is 9.99. The first kappa shape index (κ1) is 30.1. The van der Waals surface area contributed by atoms with E-state index in [1.165, 1.54) is 36.6 Å². The molecule has 3 aliphatic heterocycles. The molecule has 0 radical (unpaired) electrons. The van der Waals surface area contributed by atoms with Crippen LogP contribution in [0.2, 0.25) is 0 Å². The van der Waals surface area contributed by atoms with Crippen LogP contribution in [0.3, 0.4) is 0 Å². The Morgan fingerprint density at radius 3 is 2.64 bits per heavy atom. The van der Waals surface area contributed by atoms with Crippen molar-refractivity contribution in [3.8, 4) is 22.6 Å². The van der Waals surface area contributed by atoms with Crippen LogP contribution >= 0.6 is 0 Å². The van der Waals surface area contributed by atoms with Gasteiger partial charge in [-0.25, -0.2) is 4.79 Å². The van der Waals surface area contributed by atoms with Gasteiger partial charge < -0.3 is 49.0 Å². The SMILES string of the molecule is O=C([O-])[C@H](O)C(=O)OC[C@@H]1O[C@@H](Oc2ccc3c(=O)c(-c4ccc(O)cc4)coc3c2)[C@@H](O[NH+]2C=C3C=CN=C3C2)[C@H](O)[C@H]1O. The predicted molar refractivity (Wildman–Crippen MR) is 148 cm³/mol. The van der Waals surface area contributed by atoms with Gasteiger partial charge in [0.05, 0.1) is 22.5 Å². The van der Waals surface area contributed by atoms with Crippen LogP contribution in [0, 0.1) is 0 Å². The summed E-state index contributed by atoms with van der Waals surface area (Å²) in [6.45, 7) is -0.455. The number of phenolic OH excluding ortho intramolecular Hbond substituents is 1. The number of aromatic hydroxyl groups is 1. The van der Waals surface area contributed by atoms with Crippen molar-refractivity contribution >= 4 is 28.6 Å². The van der Waals surface area contributed by atoms with Gasteiger partial charge in [-0.2, -0.15) is 9.90 Å². The zero-order valence-electron chi connectivity index (χ0n) is 23.1. The summed E-state index contributed by atoms with van der Waals surface area (Å²) in [6.07, 6.45) is -3.71. The molecule has 3 aromatic rings. The van der Waals surface area contributed by atoms with Gasteiger partial charge in [-0.1, -0.05) is 12.1 Å². The molecular weight excluding hydrogens is 596 g/mol. The number of aliphatic hydroxyl groups is 3. The monoisotopic (exact) mass is 622 g/mol. The van der Waals surface area contributed by atoms with Crippen molar-refractivity contribution in [2.75, 3.05) is 13.2 Å². The number of allylic oxidation sites excluding steroid dienone is 1. The number of aliphatic imine (C=N–C) groups is 1. The number of aliphatic carboxylic acids is 1. The number of carboxylic acids is 1. The molecule has 3 aliphatic rings. The number of hydroxylamine groups is 2. The molecular formula is C30H26N2O13. The number of hydrogen-bond acceptors (Lipinski definition) is 14. The van der Waals surface area contributed by atoms with Crippen LogP contribution in [-0.2, 0) is 23.9 Å². The Morgan fingerprint density at radius 1 is 1.13 bits per heavy atom. The van der Waals surface area contributed by atoms with Crippen molar-refractivity contribution < 1.29 is 63.7 Å². The van der Waals surface area contributed by atoms with Crippen LogP contribution in [0.25, 0.3) is 22.1 Å². The normalized spacial score (nSPS) is 26.2. The molecule has 234 valence electrons. The molecule has 6 rings (SSSR count). The quantitative estimate of drug-likeness (QED) is 0.125. The molecule has 5 N–H and O–H groups in total. The summed E-state index contributed by atoms with van der Waals surface area (Å²) in [6, 6.07) is 10.4. The molecule has 7 atom stereocenters. The summed E-state index contributed by atoms with van der Waals surface area (Å²) in [7, 11) is 0. The molecule has 0 amide bonds. The number of fused-ring (bicyclic) bond motifs is 2. The van der Waals surface area contributed by atoms with Crippen LogP contribution in [0.15, 0.2) is 87.0 Å². The van der Waals surface area contributed by atoms with Gasteiger partial charge in [0.1, 0.15) is 60.2 Å². The molecule has 0 bridgehead atoms. The highest BCUT2D eigenvalue weighted by atomic mass is 16.8. The number of hydrogen-bond donors (Lipinski definition) is 5. The number of esters is 1. The number of nitrogens with zero attached hydrogens (tertiary/aromatic N) is 1. The fourth-order valence-corrected chi connectivity index (χ4v) is 5.06. The first-order valence-corrected chi connectivity index (χ1v) is 13.7. The number of carbonyl (C=O) groups excluding carboxylic acids is 2. The maximum atomic E-state index is 13.2. The molecule has 1 saturated heterocycles. The lowest BCUT2D eigenvalue weighted by Crippen LogP contribution is -3.07. The van der Waals surface area contributed by atoms with Crippen molar-refractivity contribution in [3.05, 3.63) is 83.0 Å². The minimum atomic E-state index is -2.57. The summed E-state index contributed by atoms with van der Waals surface area (Å²) in [4.78, 5) is 46.1. The summed E-state index contributed by atoms with van der Waals surface area (Å²) >= 11 is 0. The van der Waals surface area contributed by atoms with Gasteiger partial charge >= 0.3 is 5.97 Å². The van der Waals surface area contributed by atoms with Crippen molar-refractivity contribution in [3.63, 3.8) is 0 Å². The number of rotatable bonds is 9. The van der Waals surface area contributed by atoms with Crippen molar-refractivity contribution in [1.29, 1.82) is 0 Å². The van der Waals surface area contributed by atoms with E-state index < -0.39 is 55.4 Å². The van der Waals surface area contributed by atoms with E-state index in [0.29, 0.717) is 17.2 Å². The summed E-state index contributed by atoms with van der Waals surface area (Å²) < 4.78 is 22.3. The number of nitrogens with one attached hydrogen (secondary N) is 1. The fraction of sp³-hybridized carbons (Fsp3) is 0.267. The number of carbonyl (C=O) groups is 2. The maximum absolute atomic E-state index is 13.2. The van der Waals surface area contributed by atoms with Crippen LogP contribution in [-0.4, -0.2) is 88.0 Å². The van der Waals surface area contributed by atoms with Gasteiger partial charge in [-0.05, 0) is 35.9 Å². The summed E-state index contributed by atoms with van der Waals surface area (Å²) in [5.74, 6) is -3.47. The lowest BCUT2D eigenvalue weighted by Gasteiger charge is -2.41. The Labute approximate surface area is 253 Å². The second kappa shape index (κ2) is 12.2. The van der Waals surface area contributed by atoms with E-state index in [1.807, 2.05) is 0 Å². The number of quaternary nitrogens is 1. The Bertz CT molecular complexity index is 1780. The van der Waals surface area contributed by atoms with E-state index in [2.05, 4.69) is 4.99 Å². The van der Waals surface area contributed by atoms with E-state index >= 15 is 0 Å². The molecule has 1 fully saturated rings. The van der Waals surface area contributed by atoms with Crippen molar-refractivity contribution in [1.82, 2.24) is 0 Å². The first-order chi connectivity index (χ1) is 21.6. The number of aliphatic hydroxyl groups excluding tert-OH is 3. The van der Waals surface area contributed by atoms with Gasteiger partial charge in [0.2, 0.25) is 12.4 Å². The average Bonchev–Trinajstić information content (AvgIpc) is 3.62. The molecule has 15 heteroatoms. The second-order valence-electron chi connectivity index (χ2n) is 10.4. The highest BCUT2D eigenvalue weighted by Crippen LogP contribution is 2.29. The largest absolute Gasteiger partial charge is 0.547 e. The van der Waals surface area contributed by atoms with Crippen molar-refractivity contribution in [2.45, 2.75) is 36.8 Å². The van der Waals surface area contributed by atoms with Crippen molar-refractivity contribution in [2.24, 2.45) is 4.99 Å². The smallest absolute Gasteiger partial charge is 0.341 e. The molecule has 0 saturated carbocycles. The standard InChI is InChI=1S/C30H26N2O13/c33-16-3-1-14(2-4-16)19-12-41-21-9-17(5-6-18(21)23(19)34)43-30-27(45-32-10-15-7-8-31-20(15)11-32)25(36)24(35)22(44-30)13-42-29(40)26(37)28(38)39/h1-10,12,22,24-27,30,33,35-37H,11,13H2,(H,38,39)/t22-,24-,25+,26-,27-,30+/m0/s1. The topological polar surface area (TPSA) is 222 Å².